The normalized spacial score (nSPS) is 9.93. The van der Waals surface area contributed by atoms with E-state index in [1.807, 2.05) is 6.07 Å². The average molecular weight is 357 g/mol. The molecule has 0 aliphatic rings. The zero-order chi connectivity index (χ0) is 19.2. The standard InChI is InChI=1S/C21H13N2O4/c1-14-6-5-9-16(12-14)21(25)27-19-17(13-22)10-11-18(23-19)26-20(24)15-7-3-2-4-8-15/h2-12H,1H2. The van der Waals surface area contributed by atoms with Crippen LogP contribution in [-0.4, -0.2) is 16.9 Å². The van der Waals surface area contributed by atoms with Crippen molar-refractivity contribution < 1.29 is 19.1 Å². The Morgan fingerprint density at radius 2 is 1.59 bits per heavy atom. The maximum absolute atomic E-state index is 12.3. The van der Waals surface area contributed by atoms with Crippen molar-refractivity contribution in [2.45, 2.75) is 0 Å². The maximum atomic E-state index is 12.3. The molecule has 131 valence electrons. The summed E-state index contributed by atoms with van der Waals surface area (Å²) in [5.41, 5.74) is 1.28. The Hall–Kier alpha value is -3.98. The van der Waals surface area contributed by atoms with Gasteiger partial charge in [0.2, 0.25) is 11.8 Å². The lowest BCUT2D eigenvalue weighted by Gasteiger charge is -2.08. The van der Waals surface area contributed by atoms with Crippen LogP contribution in [0, 0.1) is 18.3 Å². The van der Waals surface area contributed by atoms with Crippen molar-refractivity contribution in [2.24, 2.45) is 0 Å². The van der Waals surface area contributed by atoms with Crippen LogP contribution in [0.5, 0.6) is 11.8 Å². The van der Waals surface area contributed by atoms with Crippen LogP contribution in [0.3, 0.4) is 0 Å². The number of nitriles is 1. The van der Waals surface area contributed by atoms with Gasteiger partial charge in [0.15, 0.2) is 0 Å². The van der Waals surface area contributed by atoms with Crippen molar-refractivity contribution >= 4 is 11.9 Å². The summed E-state index contributed by atoms with van der Waals surface area (Å²) in [5.74, 6) is -1.64. The predicted molar refractivity (Wildman–Crippen MR) is 96.2 cm³/mol. The first-order valence-corrected chi connectivity index (χ1v) is 7.89. The lowest BCUT2D eigenvalue weighted by Crippen LogP contribution is -2.13. The molecule has 0 bridgehead atoms. The van der Waals surface area contributed by atoms with Gasteiger partial charge < -0.3 is 9.47 Å². The molecule has 0 saturated heterocycles. The van der Waals surface area contributed by atoms with Gasteiger partial charge in [0.1, 0.15) is 11.6 Å². The van der Waals surface area contributed by atoms with Crippen LogP contribution in [0.2, 0.25) is 0 Å². The highest BCUT2D eigenvalue weighted by atomic mass is 16.6. The first kappa shape index (κ1) is 17.8. The number of ether oxygens (including phenoxy) is 2. The van der Waals surface area contributed by atoms with E-state index >= 15 is 0 Å². The second-order valence-corrected chi connectivity index (χ2v) is 5.46. The molecule has 0 amide bonds. The SMILES string of the molecule is [CH2]c1cccc(C(=O)Oc2nc(OC(=O)c3ccccc3)ccc2C#N)c1. The second-order valence-electron chi connectivity index (χ2n) is 5.46. The molecule has 0 atom stereocenters. The molecule has 0 spiro atoms. The minimum absolute atomic E-state index is 0.0358. The molecule has 3 aromatic rings. The number of rotatable bonds is 4. The van der Waals surface area contributed by atoms with Crippen molar-refractivity contribution in [1.82, 2.24) is 4.98 Å². The largest absolute Gasteiger partial charge is 0.404 e. The highest BCUT2D eigenvalue weighted by Gasteiger charge is 2.16. The summed E-state index contributed by atoms with van der Waals surface area (Å²) in [5, 5.41) is 9.20. The zero-order valence-corrected chi connectivity index (χ0v) is 14.1. The Bertz CT molecular complexity index is 1040. The predicted octanol–water partition coefficient (Wildman–Crippen LogP) is 3.57. The van der Waals surface area contributed by atoms with Gasteiger partial charge in [0, 0.05) is 6.07 Å². The van der Waals surface area contributed by atoms with Gasteiger partial charge in [-0.2, -0.15) is 10.2 Å². The number of esters is 2. The molecule has 2 aromatic carbocycles. The highest BCUT2D eigenvalue weighted by Crippen LogP contribution is 2.21. The van der Waals surface area contributed by atoms with Gasteiger partial charge in [-0.1, -0.05) is 30.3 Å². The van der Waals surface area contributed by atoms with Gasteiger partial charge in [0.05, 0.1) is 11.1 Å². The monoisotopic (exact) mass is 357 g/mol. The fourth-order valence-corrected chi connectivity index (χ4v) is 2.22. The zero-order valence-electron chi connectivity index (χ0n) is 14.1. The molecular weight excluding hydrogens is 344 g/mol. The number of aromatic nitrogens is 1. The molecule has 0 aliphatic carbocycles. The molecule has 0 unspecified atom stereocenters. The van der Waals surface area contributed by atoms with Crippen LogP contribution in [-0.2, 0) is 0 Å². The van der Waals surface area contributed by atoms with Crippen molar-refractivity contribution in [3.8, 4) is 17.8 Å². The number of carbonyl (C=O) groups excluding carboxylic acids is 2. The molecule has 3 rings (SSSR count). The van der Waals surface area contributed by atoms with E-state index in [4.69, 9.17) is 9.47 Å². The molecule has 1 heterocycles. The van der Waals surface area contributed by atoms with Crippen LogP contribution in [0.15, 0.2) is 66.7 Å². The maximum Gasteiger partial charge on any atom is 0.344 e. The van der Waals surface area contributed by atoms with E-state index in [-0.39, 0.29) is 22.9 Å². The van der Waals surface area contributed by atoms with Gasteiger partial charge >= 0.3 is 11.9 Å². The Balaban J connectivity index is 1.82. The topological polar surface area (TPSA) is 89.3 Å². The van der Waals surface area contributed by atoms with Crippen molar-refractivity contribution in [3.63, 3.8) is 0 Å². The van der Waals surface area contributed by atoms with Gasteiger partial charge in [-0.05, 0) is 42.8 Å². The van der Waals surface area contributed by atoms with Crippen LogP contribution in [0.1, 0.15) is 31.8 Å². The quantitative estimate of drug-likeness (QED) is 0.663. The molecule has 0 N–H and O–H groups in total. The van der Waals surface area contributed by atoms with E-state index in [0.29, 0.717) is 11.1 Å². The Labute approximate surface area is 155 Å². The van der Waals surface area contributed by atoms with E-state index in [1.54, 1.807) is 54.6 Å². The third-order valence-corrected chi connectivity index (χ3v) is 3.51. The highest BCUT2D eigenvalue weighted by molar-refractivity contribution is 5.92. The molecule has 6 heteroatoms. The molecule has 0 fully saturated rings. The summed E-state index contributed by atoms with van der Waals surface area (Å²) < 4.78 is 10.4. The summed E-state index contributed by atoms with van der Waals surface area (Å²) >= 11 is 0. The fourth-order valence-electron chi connectivity index (χ4n) is 2.22. The number of hydrogen-bond donors (Lipinski definition) is 0. The molecule has 6 nitrogen and oxygen atoms in total. The van der Waals surface area contributed by atoms with E-state index in [9.17, 15) is 14.9 Å². The second kappa shape index (κ2) is 7.93. The lowest BCUT2D eigenvalue weighted by molar-refractivity contribution is 0.0717. The average Bonchev–Trinajstić information content (AvgIpc) is 2.69. The van der Waals surface area contributed by atoms with Gasteiger partial charge in [-0.25, -0.2) is 9.59 Å². The van der Waals surface area contributed by atoms with Gasteiger partial charge in [-0.3, -0.25) is 0 Å². The number of benzene rings is 2. The number of nitrogens with zero attached hydrogens (tertiary/aromatic N) is 2. The third-order valence-electron chi connectivity index (χ3n) is 3.51. The third kappa shape index (κ3) is 4.35. The van der Waals surface area contributed by atoms with E-state index in [1.165, 1.54) is 12.1 Å². The van der Waals surface area contributed by atoms with Crippen LogP contribution < -0.4 is 9.47 Å². The lowest BCUT2D eigenvalue weighted by atomic mass is 10.1. The summed E-state index contributed by atoms with van der Waals surface area (Å²) in [6, 6.07) is 19.5. The molecule has 0 aliphatic heterocycles. The van der Waals surface area contributed by atoms with Crippen LogP contribution >= 0.6 is 0 Å². The minimum atomic E-state index is -0.698. The molecule has 0 saturated carbocycles. The summed E-state index contributed by atoms with van der Waals surface area (Å²) in [6.45, 7) is 3.75. The van der Waals surface area contributed by atoms with Crippen molar-refractivity contribution in [2.75, 3.05) is 0 Å². The van der Waals surface area contributed by atoms with Crippen molar-refractivity contribution in [1.29, 1.82) is 5.26 Å². The summed E-state index contributed by atoms with van der Waals surface area (Å²) in [7, 11) is 0. The van der Waals surface area contributed by atoms with Gasteiger partial charge in [0.25, 0.3) is 0 Å². The number of hydrogen-bond acceptors (Lipinski definition) is 6. The number of carbonyl (C=O) groups is 2. The molecule has 27 heavy (non-hydrogen) atoms. The van der Waals surface area contributed by atoms with Gasteiger partial charge in [-0.15, -0.1) is 0 Å². The van der Waals surface area contributed by atoms with E-state index in [2.05, 4.69) is 11.9 Å². The minimum Gasteiger partial charge on any atom is -0.404 e. The number of pyridine rings is 1. The van der Waals surface area contributed by atoms with E-state index < -0.39 is 11.9 Å². The van der Waals surface area contributed by atoms with Crippen molar-refractivity contribution in [3.05, 3.63) is 95.9 Å². The van der Waals surface area contributed by atoms with E-state index in [0.717, 1.165) is 0 Å². The molecule has 1 radical (unpaired) electrons. The first-order valence-electron chi connectivity index (χ1n) is 7.89. The fraction of sp³-hybridized carbons (Fsp3) is 0. The Morgan fingerprint density at radius 3 is 2.30 bits per heavy atom. The van der Waals surface area contributed by atoms with Crippen LogP contribution in [0.4, 0.5) is 0 Å². The molecular formula is C21H13N2O4. The van der Waals surface area contributed by atoms with Crippen LogP contribution in [0.25, 0.3) is 0 Å². The molecule has 1 aromatic heterocycles. The summed E-state index contributed by atoms with van der Waals surface area (Å²) in [4.78, 5) is 28.4. The summed E-state index contributed by atoms with van der Waals surface area (Å²) in [6.07, 6.45) is 0. The first-order chi connectivity index (χ1) is 13.1. The Kier molecular flexibility index (Phi) is 5.24. The smallest absolute Gasteiger partial charge is 0.344 e. The Morgan fingerprint density at radius 1 is 0.889 bits per heavy atom.